The molecule has 0 aliphatic carbocycles. The Labute approximate surface area is 176 Å². The van der Waals surface area contributed by atoms with E-state index in [1.807, 2.05) is 36.6 Å². The molecule has 1 N–H and O–H groups in total. The molecule has 2 aromatic carbocycles. The Balaban J connectivity index is 1.67. The SMILES string of the molecule is CC(=O)c1ccccc1NC(=O)c1oc2ccccc2c1CSc1nc(C)cs1. The van der Waals surface area contributed by atoms with Crippen LogP contribution in [-0.2, 0) is 5.75 Å². The average molecular weight is 423 g/mol. The highest BCUT2D eigenvalue weighted by atomic mass is 32.2. The van der Waals surface area contributed by atoms with Gasteiger partial charge in [-0.05, 0) is 32.0 Å². The molecule has 0 saturated heterocycles. The molecule has 2 heterocycles. The van der Waals surface area contributed by atoms with E-state index in [1.165, 1.54) is 6.92 Å². The molecule has 0 aliphatic rings. The van der Waals surface area contributed by atoms with Crippen LogP contribution in [0.2, 0.25) is 0 Å². The molecule has 0 atom stereocenters. The van der Waals surface area contributed by atoms with E-state index in [0.717, 1.165) is 21.0 Å². The van der Waals surface area contributed by atoms with Crippen LogP contribution in [0.3, 0.4) is 0 Å². The fourth-order valence-electron chi connectivity index (χ4n) is 3.04. The summed E-state index contributed by atoms with van der Waals surface area (Å²) < 4.78 is 6.85. The van der Waals surface area contributed by atoms with Crippen LogP contribution in [0.1, 0.15) is 39.1 Å². The van der Waals surface area contributed by atoms with E-state index in [0.29, 0.717) is 22.6 Å². The van der Waals surface area contributed by atoms with Crippen LogP contribution in [0.25, 0.3) is 11.0 Å². The summed E-state index contributed by atoms with van der Waals surface area (Å²) in [5.74, 6) is 0.327. The van der Waals surface area contributed by atoms with Crippen LogP contribution in [0.4, 0.5) is 5.69 Å². The van der Waals surface area contributed by atoms with Gasteiger partial charge < -0.3 is 9.73 Å². The number of amides is 1. The number of benzene rings is 2. The summed E-state index contributed by atoms with van der Waals surface area (Å²) in [4.78, 5) is 29.4. The van der Waals surface area contributed by atoms with Gasteiger partial charge in [-0.3, -0.25) is 9.59 Å². The van der Waals surface area contributed by atoms with Crippen LogP contribution in [0, 0.1) is 6.92 Å². The minimum atomic E-state index is -0.374. The first-order chi connectivity index (χ1) is 14.0. The van der Waals surface area contributed by atoms with Crippen molar-refractivity contribution >= 4 is 51.4 Å². The third-order valence-corrected chi connectivity index (χ3v) is 6.56. The molecule has 2 aromatic heterocycles. The van der Waals surface area contributed by atoms with Gasteiger partial charge in [-0.15, -0.1) is 11.3 Å². The van der Waals surface area contributed by atoms with Gasteiger partial charge in [-0.1, -0.05) is 42.1 Å². The summed E-state index contributed by atoms with van der Waals surface area (Å²) >= 11 is 3.16. The van der Waals surface area contributed by atoms with Gasteiger partial charge in [0.15, 0.2) is 11.5 Å². The molecule has 0 aliphatic heterocycles. The summed E-state index contributed by atoms with van der Waals surface area (Å²) in [6, 6.07) is 14.5. The number of anilines is 1. The summed E-state index contributed by atoms with van der Waals surface area (Å²) in [6.45, 7) is 3.43. The number of rotatable bonds is 6. The Morgan fingerprint density at radius 1 is 1.14 bits per heavy atom. The molecule has 0 fully saturated rings. The Kier molecular flexibility index (Phi) is 5.51. The summed E-state index contributed by atoms with van der Waals surface area (Å²) in [6.07, 6.45) is 0. The van der Waals surface area contributed by atoms with Crippen molar-refractivity contribution in [2.75, 3.05) is 5.32 Å². The number of thiazole rings is 1. The fourth-order valence-corrected chi connectivity index (χ4v) is 4.91. The lowest BCUT2D eigenvalue weighted by atomic mass is 10.1. The van der Waals surface area contributed by atoms with Crippen LogP contribution < -0.4 is 5.32 Å². The number of hydrogen-bond donors (Lipinski definition) is 1. The van der Waals surface area contributed by atoms with Crippen molar-refractivity contribution in [2.24, 2.45) is 0 Å². The molecule has 5 nitrogen and oxygen atoms in total. The third-order valence-electron chi connectivity index (χ3n) is 4.40. The van der Waals surface area contributed by atoms with E-state index in [4.69, 9.17) is 4.42 Å². The van der Waals surface area contributed by atoms with E-state index in [-0.39, 0.29) is 17.5 Å². The molecular formula is C22H18N2O3S2. The number of carbonyl (C=O) groups is 2. The zero-order chi connectivity index (χ0) is 20.4. The van der Waals surface area contributed by atoms with E-state index >= 15 is 0 Å². The number of thioether (sulfide) groups is 1. The van der Waals surface area contributed by atoms with Crippen molar-refractivity contribution in [1.82, 2.24) is 4.98 Å². The quantitative estimate of drug-likeness (QED) is 0.307. The van der Waals surface area contributed by atoms with Gasteiger partial charge in [0.1, 0.15) is 9.92 Å². The third kappa shape index (κ3) is 4.11. The minimum Gasteiger partial charge on any atom is -0.451 e. The Morgan fingerprint density at radius 2 is 1.90 bits per heavy atom. The number of ketones is 1. The average Bonchev–Trinajstić information content (AvgIpc) is 3.30. The number of nitrogens with zero attached hydrogens (tertiary/aromatic N) is 1. The second-order valence-corrected chi connectivity index (χ2v) is 8.59. The summed E-state index contributed by atoms with van der Waals surface area (Å²) in [7, 11) is 0. The Morgan fingerprint density at radius 3 is 2.66 bits per heavy atom. The van der Waals surface area contributed by atoms with Crippen molar-refractivity contribution < 1.29 is 14.0 Å². The molecule has 4 rings (SSSR count). The molecule has 7 heteroatoms. The molecule has 0 spiro atoms. The maximum absolute atomic E-state index is 13.1. The van der Waals surface area contributed by atoms with Crippen LogP contribution in [0.5, 0.6) is 0 Å². The number of hydrogen-bond acceptors (Lipinski definition) is 6. The van der Waals surface area contributed by atoms with Crippen molar-refractivity contribution in [1.29, 1.82) is 0 Å². The summed E-state index contributed by atoms with van der Waals surface area (Å²) in [5.41, 5.74) is 3.39. The Bertz CT molecular complexity index is 1210. The fraction of sp³-hybridized carbons (Fsp3) is 0.136. The molecule has 146 valence electrons. The standard InChI is InChI=1S/C22H18N2O3S2/c1-13-11-28-22(23-13)29-12-17-16-8-4-6-10-19(16)27-20(17)21(26)24-18-9-5-3-7-15(18)14(2)25/h3-11H,12H2,1-2H3,(H,24,26). The first kappa shape index (κ1) is 19.4. The van der Waals surface area contributed by atoms with Crippen molar-refractivity contribution in [3.05, 3.63) is 76.5 Å². The molecule has 0 radical (unpaired) electrons. The lowest BCUT2D eigenvalue weighted by molar-refractivity contribution is 0.0998. The number of Topliss-reactive ketones (excluding diaryl/α,β-unsaturated/α-hetero) is 1. The topological polar surface area (TPSA) is 72.2 Å². The number of aromatic nitrogens is 1. The highest BCUT2D eigenvalue weighted by molar-refractivity contribution is 8.00. The maximum atomic E-state index is 13.1. The van der Waals surface area contributed by atoms with Crippen LogP contribution in [-0.4, -0.2) is 16.7 Å². The number of carbonyl (C=O) groups excluding carboxylic acids is 2. The maximum Gasteiger partial charge on any atom is 0.291 e. The molecular weight excluding hydrogens is 404 g/mol. The van der Waals surface area contributed by atoms with Crippen LogP contribution >= 0.6 is 23.1 Å². The first-order valence-corrected chi connectivity index (χ1v) is 10.9. The molecule has 29 heavy (non-hydrogen) atoms. The van der Waals surface area contributed by atoms with E-state index in [1.54, 1.807) is 47.4 Å². The second kappa shape index (κ2) is 8.23. The van der Waals surface area contributed by atoms with Gasteiger partial charge >= 0.3 is 0 Å². The lowest BCUT2D eigenvalue weighted by Gasteiger charge is -2.08. The van der Waals surface area contributed by atoms with Crippen molar-refractivity contribution in [3.63, 3.8) is 0 Å². The number of nitrogens with one attached hydrogen (secondary N) is 1. The van der Waals surface area contributed by atoms with E-state index < -0.39 is 0 Å². The normalized spacial score (nSPS) is 11.0. The molecule has 0 saturated carbocycles. The van der Waals surface area contributed by atoms with E-state index in [2.05, 4.69) is 10.3 Å². The van der Waals surface area contributed by atoms with Gasteiger partial charge in [-0.2, -0.15) is 0 Å². The molecule has 1 amide bonds. The van der Waals surface area contributed by atoms with Gasteiger partial charge in [-0.25, -0.2) is 4.98 Å². The molecule has 4 aromatic rings. The van der Waals surface area contributed by atoms with Crippen molar-refractivity contribution in [2.45, 2.75) is 23.9 Å². The van der Waals surface area contributed by atoms with Crippen LogP contribution in [0.15, 0.2) is 62.7 Å². The summed E-state index contributed by atoms with van der Waals surface area (Å²) in [5, 5.41) is 5.74. The largest absolute Gasteiger partial charge is 0.451 e. The first-order valence-electron chi connectivity index (χ1n) is 8.99. The highest BCUT2D eigenvalue weighted by Crippen LogP contribution is 2.33. The predicted octanol–water partition coefficient (Wildman–Crippen LogP) is 5.94. The van der Waals surface area contributed by atoms with E-state index in [9.17, 15) is 9.59 Å². The van der Waals surface area contributed by atoms with Gasteiger partial charge in [0.2, 0.25) is 0 Å². The Hall–Kier alpha value is -2.90. The number of fused-ring (bicyclic) bond motifs is 1. The second-order valence-electron chi connectivity index (χ2n) is 6.51. The number of para-hydroxylation sites is 2. The predicted molar refractivity (Wildman–Crippen MR) is 117 cm³/mol. The van der Waals surface area contributed by atoms with Crippen molar-refractivity contribution in [3.8, 4) is 0 Å². The minimum absolute atomic E-state index is 0.111. The number of aryl methyl sites for hydroxylation is 1. The smallest absolute Gasteiger partial charge is 0.291 e. The highest BCUT2D eigenvalue weighted by Gasteiger charge is 2.22. The molecule has 0 bridgehead atoms. The van der Waals surface area contributed by atoms with Gasteiger partial charge in [0.25, 0.3) is 5.91 Å². The van der Waals surface area contributed by atoms with Gasteiger partial charge in [0, 0.05) is 33.3 Å². The molecule has 0 unspecified atom stereocenters. The zero-order valence-electron chi connectivity index (χ0n) is 15.9. The lowest BCUT2D eigenvalue weighted by Crippen LogP contribution is -2.15. The monoisotopic (exact) mass is 422 g/mol. The number of furan rings is 1. The zero-order valence-corrected chi connectivity index (χ0v) is 17.5. The van der Waals surface area contributed by atoms with Gasteiger partial charge in [0.05, 0.1) is 5.69 Å².